The third-order valence-corrected chi connectivity index (χ3v) is 1.45. The van der Waals surface area contributed by atoms with E-state index in [0.717, 1.165) is 0 Å². The monoisotopic (exact) mass is 161 g/mol. The maximum absolute atomic E-state index is 5.37. The highest BCUT2D eigenvalue weighted by Crippen LogP contribution is 2.27. The van der Waals surface area contributed by atoms with E-state index in [0.29, 0.717) is 13.2 Å². The van der Waals surface area contributed by atoms with Gasteiger partial charge in [-0.25, -0.2) is 0 Å². The highest BCUT2D eigenvalue weighted by molar-refractivity contribution is 7.44. The summed E-state index contributed by atoms with van der Waals surface area (Å²) in [5, 5.41) is 0. The molecule has 0 radical (unpaired) electrons. The molecule has 0 saturated carbocycles. The van der Waals surface area contributed by atoms with Crippen molar-refractivity contribution >= 4 is 8.53 Å². The molecule has 4 heteroatoms. The predicted molar refractivity (Wildman–Crippen MR) is 43.4 cm³/mol. The standard InChI is InChI=1S/C6H12NO2P/c1-3-5-8-10(7)9-6-4-2/h3-4H,1-2,5-7H2. The lowest BCUT2D eigenvalue weighted by molar-refractivity contribution is 0.291. The van der Waals surface area contributed by atoms with Gasteiger partial charge in [0.1, 0.15) is 0 Å². The first-order valence-corrected chi connectivity index (χ1v) is 4.08. The fourth-order valence-corrected chi connectivity index (χ4v) is 0.869. The number of rotatable bonds is 6. The molecule has 0 saturated heterocycles. The second kappa shape index (κ2) is 6.90. The first-order chi connectivity index (χ1) is 4.81. The molecule has 0 spiro atoms. The molecule has 0 aromatic carbocycles. The molecule has 0 bridgehead atoms. The molecule has 10 heavy (non-hydrogen) atoms. The minimum atomic E-state index is -1.23. The summed E-state index contributed by atoms with van der Waals surface area (Å²) >= 11 is 0. The summed E-state index contributed by atoms with van der Waals surface area (Å²) in [6.45, 7) is 7.79. The highest BCUT2D eigenvalue weighted by atomic mass is 31.2. The van der Waals surface area contributed by atoms with Crippen LogP contribution in [0.15, 0.2) is 25.3 Å². The van der Waals surface area contributed by atoms with Crippen LogP contribution < -0.4 is 5.50 Å². The summed E-state index contributed by atoms with van der Waals surface area (Å²) in [6.07, 6.45) is 3.25. The van der Waals surface area contributed by atoms with Crippen LogP contribution in [0.25, 0.3) is 0 Å². The van der Waals surface area contributed by atoms with E-state index in [4.69, 9.17) is 14.6 Å². The Balaban J connectivity index is 3.15. The van der Waals surface area contributed by atoms with E-state index in [1.54, 1.807) is 12.2 Å². The minimum absolute atomic E-state index is 0.430. The minimum Gasteiger partial charge on any atom is -0.318 e. The molecule has 0 amide bonds. The van der Waals surface area contributed by atoms with Crippen LogP contribution >= 0.6 is 8.53 Å². The van der Waals surface area contributed by atoms with Gasteiger partial charge in [-0.05, 0) is 0 Å². The van der Waals surface area contributed by atoms with Gasteiger partial charge in [0.2, 0.25) is 0 Å². The molecule has 0 atom stereocenters. The topological polar surface area (TPSA) is 44.5 Å². The Labute approximate surface area is 62.5 Å². The molecule has 0 rings (SSSR count). The first-order valence-electron chi connectivity index (χ1n) is 2.83. The summed E-state index contributed by atoms with van der Waals surface area (Å²) in [5.74, 6) is 0. The Bertz CT molecular complexity index is 95.9. The van der Waals surface area contributed by atoms with Crippen LogP contribution in [0.3, 0.4) is 0 Å². The Hall–Kier alpha value is -0.210. The smallest absolute Gasteiger partial charge is 0.253 e. The van der Waals surface area contributed by atoms with E-state index in [1.807, 2.05) is 0 Å². The van der Waals surface area contributed by atoms with Crippen LogP contribution in [0.4, 0.5) is 0 Å². The average molecular weight is 161 g/mol. The van der Waals surface area contributed by atoms with Gasteiger partial charge in [-0.2, -0.15) is 0 Å². The quantitative estimate of drug-likeness (QED) is 0.475. The van der Waals surface area contributed by atoms with Crippen LogP contribution in [0.5, 0.6) is 0 Å². The summed E-state index contributed by atoms with van der Waals surface area (Å²) < 4.78 is 9.90. The Morgan fingerprint density at radius 1 is 1.20 bits per heavy atom. The molecule has 0 aromatic rings. The fraction of sp³-hybridized carbons (Fsp3) is 0.333. The molecule has 0 aliphatic heterocycles. The van der Waals surface area contributed by atoms with Crippen molar-refractivity contribution in [2.24, 2.45) is 5.50 Å². The van der Waals surface area contributed by atoms with Crippen LogP contribution in [-0.4, -0.2) is 13.2 Å². The lowest BCUT2D eigenvalue weighted by Gasteiger charge is -2.08. The van der Waals surface area contributed by atoms with Crippen molar-refractivity contribution in [1.82, 2.24) is 0 Å². The zero-order valence-corrected chi connectivity index (χ0v) is 6.72. The highest BCUT2D eigenvalue weighted by Gasteiger charge is 1.98. The molecule has 58 valence electrons. The zero-order chi connectivity index (χ0) is 7.82. The molecule has 3 nitrogen and oxygen atoms in total. The average Bonchev–Trinajstić information content (AvgIpc) is 1.97. The second-order valence-corrected chi connectivity index (χ2v) is 2.54. The number of hydrogen-bond donors (Lipinski definition) is 1. The van der Waals surface area contributed by atoms with Gasteiger partial charge in [0.15, 0.2) is 0 Å². The van der Waals surface area contributed by atoms with Crippen molar-refractivity contribution in [2.45, 2.75) is 0 Å². The van der Waals surface area contributed by atoms with Crippen LogP contribution in [0.1, 0.15) is 0 Å². The molecule has 0 unspecified atom stereocenters. The van der Waals surface area contributed by atoms with Gasteiger partial charge >= 0.3 is 0 Å². The third kappa shape index (κ3) is 5.92. The van der Waals surface area contributed by atoms with E-state index in [9.17, 15) is 0 Å². The predicted octanol–water partition coefficient (Wildman–Crippen LogP) is 1.58. The molecular formula is C6H12NO2P. The SMILES string of the molecule is C=CCOP(N)OCC=C. The molecule has 0 fully saturated rings. The Morgan fingerprint density at radius 2 is 1.60 bits per heavy atom. The van der Waals surface area contributed by atoms with E-state index in [-0.39, 0.29) is 0 Å². The van der Waals surface area contributed by atoms with Crippen LogP contribution in [0.2, 0.25) is 0 Å². The summed E-state index contributed by atoms with van der Waals surface area (Å²) in [5.41, 5.74) is 5.37. The van der Waals surface area contributed by atoms with Gasteiger partial charge in [-0.15, -0.1) is 13.2 Å². The summed E-state index contributed by atoms with van der Waals surface area (Å²) in [7, 11) is -1.23. The number of nitrogens with two attached hydrogens (primary N) is 1. The maximum Gasteiger partial charge on any atom is 0.253 e. The van der Waals surface area contributed by atoms with Crippen molar-refractivity contribution in [3.05, 3.63) is 25.3 Å². The number of hydrogen-bond acceptors (Lipinski definition) is 3. The largest absolute Gasteiger partial charge is 0.318 e. The van der Waals surface area contributed by atoms with Gasteiger partial charge < -0.3 is 9.05 Å². The third-order valence-electron chi connectivity index (χ3n) is 0.639. The molecule has 0 heterocycles. The van der Waals surface area contributed by atoms with Gasteiger partial charge in [0, 0.05) is 0 Å². The molecule has 0 aliphatic rings. The molecule has 0 aromatic heterocycles. The first kappa shape index (κ1) is 9.79. The Kier molecular flexibility index (Phi) is 6.76. The lowest BCUT2D eigenvalue weighted by Crippen LogP contribution is -1.98. The van der Waals surface area contributed by atoms with Crippen molar-refractivity contribution in [3.63, 3.8) is 0 Å². The summed E-state index contributed by atoms with van der Waals surface area (Å²) in [4.78, 5) is 0. The van der Waals surface area contributed by atoms with Crippen molar-refractivity contribution < 1.29 is 9.05 Å². The zero-order valence-electron chi connectivity index (χ0n) is 5.82. The maximum atomic E-state index is 5.37. The normalized spacial score (nSPS) is 9.80. The van der Waals surface area contributed by atoms with E-state index >= 15 is 0 Å². The van der Waals surface area contributed by atoms with Crippen LogP contribution in [0, 0.1) is 0 Å². The molecule has 2 N–H and O–H groups in total. The lowest BCUT2D eigenvalue weighted by atomic mass is 10.7. The van der Waals surface area contributed by atoms with E-state index in [2.05, 4.69) is 13.2 Å². The van der Waals surface area contributed by atoms with Crippen LogP contribution in [-0.2, 0) is 9.05 Å². The molecule has 0 aliphatic carbocycles. The fourth-order valence-electron chi connectivity index (χ4n) is 0.290. The van der Waals surface area contributed by atoms with Crippen molar-refractivity contribution in [3.8, 4) is 0 Å². The van der Waals surface area contributed by atoms with Gasteiger partial charge in [0.05, 0.1) is 13.2 Å². The Morgan fingerprint density at radius 3 is 1.90 bits per heavy atom. The van der Waals surface area contributed by atoms with Gasteiger partial charge in [-0.3, -0.25) is 5.50 Å². The van der Waals surface area contributed by atoms with Gasteiger partial charge in [0.25, 0.3) is 8.53 Å². The summed E-state index contributed by atoms with van der Waals surface area (Å²) in [6, 6.07) is 0. The van der Waals surface area contributed by atoms with Crippen molar-refractivity contribution in [1.29, 1.82) is 0 Å². The van der Waals surface area contributed by atoms with Crippen molar-refractivity contribution in [2.75, 3.05) is 13.2 Å². The molecular weight excluding hydrogens is 149 g/mol. The van der Waals surface area contributed by atoms with Gasteiger partial charge in [-0.1, -0.05) is 12.2 Å². The van der Waals surface area contributed by atoms with E-state index < -0.39 is 8.53 Å². The van der Waals surface area contributed by atoms with E-state index in [1.165, 1.54) is 0 Å². The second-order valence-electron chi connectivity index (χ2n) is 1.45.